The van der Waals surface area contributed by atoms with Crippen LogP contribution in [0.4, 0.5) is 0 Å². The number of carboxylic acids is 1. The van der Waals surface area contributed by atoms with Crippen LogP contribution in [-0.2, 0) is 4.79 Å². The van der Waals surface area contributed by atoms with Crippen LogP contribution in [0.25, 0.3) is 0 Å². The molecular formula is C11H17N3O2S. The van der Waals surface area contributed by atoms with Gasteiger partial charge in [0.25, 0.3) is 0 Å². The SMILES string of the molecule is Cc1cnc(SCC(=O)O)n1C1CCN(C)C1. The number of aromatic nitrogens is 2. The zero-order valence-electron chi connectivity index (χ0n) is 10.1. The van der Waals surface area contributed by atoms with E-state index in [-0.39, 0.29) is 5.75 Å². The summed E-state index contributed by atoms with van der Waals surface area (Å²) in [5.41, 5.74) is 1.11. The number of likely N-dealkylation sites (tertiary alicyclic amines) is 1. The van der Waals surface area contributed by atoms with Gasteiger partial charge in [0, 0.05) is 24.5 Å². The Morgan fingerprint density at radius 3 is 3.06 bits per heavy atom. The third-order valence-electron chi connectivity index (χ3n) is 3.00. The Morgan fingerprint density at radius 2 is 2.47 bits per heavy atom. The predicted molar refractivity (Wildman–Crippen MR) is 66.5 cm³/mol. The smallest absolute Gasteiger partial charge is 0.313 e. The van der Waals surface area contributed by atoms with Crippen molar-refractivity contribution in [3.05, 3.63) is 11.9 Å². The van der Waals surface area contributed by atoms with Gasteiger partial charge in [-0.15, -0.1) is 0 Å². The molecule has 17 heavy (non-hydrogen) atoms. The summed E-state index contributed by atoms with van der Waals surface area (Å²) < 4.78 is 2.18. The molecule has 2 rings (SSSR count). The van der Waals surface area contributed by atoms with E-state index < -0.39 is 5.97 Å². The summed E-state index contributed by atoms with van der Waals surface area (Å²) in [5, 5.41) is 9.54. The van der Waals surface area contributed by atoms with Gasteiger partial charge in [0.15, 0.2) is 5.16 Å². The van der Waals surface area contributed by atoms with Crippen LogP contribution in [0, 0.1) is 6.92 Å². The van der Waals surface area contributed by atoms with Gasteiger partial charge >= 0.3 is 5.97 Å². The maximum Gasteiger partial charge on any atom is 0.313 e. The average molecular weight is 255 g/mol. The Balaban J connectivity index is 2.14. The summed E-state index contributed by atoms with van der Waals surface area (Å²) >= 11 is 1.30. The third-order valence-corrected chi connectivity index (χ3v) is 3.96. The van der Waals surface area contributed by atoms with E-state index in [4.69, 9.17) is 5.11 Å². The third kappa shape index (κ3) is 2.81. The molecule has 0 aliphatic carbocycles. The van der Waals surface area contributed by atoms with Crippen molar-refractivity contribution in [1.82, 2.24) is 14.5 Å². The van der Waals surface area contributed by atoms with Gasteiger partial charge in [-0.25, -0.2) is 4.98 Å². The fourth-order valence-electron chi connectivity index (χ4n) is 2.22. The van der Waals surface area contributed by atoms with Gasteiger partial charge in [0.1, 0.15) is 0 Å². The summed E-state index contributed by atoms with van der Waals surface area (Å²) in [6.45, 7) is 4.12. The largest absolute Gasteiger partial charge is 0.481 e. The van der Waals surface area contributed by atoms with Crippen LogP contribution in [0.5, 0.6) is 0 Å². The Kier molecular flexibility index (Phi) is 3.73. The van der Waals surface area contributed by atoms with Crippen LogP contribution in [0.3, 0.4) is 0 Å². The van der Waals surface area contributed by atoms with Crippen LogP contribution in [0.2, 0.25) is 0 Å². The minimum Gasteiger partial charge on any atom is -0.481 e. The molecule has 1 unspecified atom stereocenters. The number of rotatable bonds is 4. The van der Waals surface area contributed by atoms with E-state index in [2.05, 4.69) is 21.5 Å². The van der Waals surface area contributed by atoms with E-state index in [0.29, 0.717) is 6.04 Å². The molecule has 0 aromatic carbocycles. The molecule has 1 atom stereocenters. The van der Waals surface area contributed by atoms with Crippen molar-refractivity contribution in [1.29, 1.82) is 0 Å². The molecule has 1 fully saturated rings. The second-order valence-electron chi connectivity index (χ2n) is 4.44. The summed E-state index contributed by atoms with van der Waals surface area (Å²) in [4.78, 5) is 17.2. The molecule has 1 N–H and O–H groups in total. The average Bonchev–Trinajstić information content (AvgIpc) is 2.82. The molecule has 0 radical (unpaired) electrons. The van der Waals surface area contributed by atoms with Crippen molar-refractivity contribution >= 4 is 17.7 Å². The lowest BCUT2D eigenvalue weighted by molar-refractivity contribution is -0.133. The summed E-state index contributed by atoms with van der Waals surface area (Å²) in [7, 11) is 2.11. The van der Waals surface area contributed by atoms with Crippen molar-refractivity contribution in [3.63, 3.8) is 0 Å². The van der Waals surface area contributed by atoms with E-state index in [0.717, 1.165) is 30.4 Å². The van der Waals surface area contributed by atoms with Gasteiger partial charge in [-0.05, 0) is 26.9 Å². The Labute approximate surface area is 105 Å². The normalized spacial score (nSPS) is 20.9. The molecule has 1 aromatic rings. The number of likely N-dealkylation sites (N-methyl/N-ethyl adjacent to an activating group) is 1. The second kappa shape index (κ2) is 5.10. The topological polar surface area (TPSA) is 58.4 Å². The van der Waals surface area contributed by atoms with Crippen LogP contribution >= 0.6 is 11.8 Å². The highest BCUT2D eigenvalue weighted by Crippen LogP contribution is 2.28. The lowest BCUT2D eigenvalue weighted by Gasteiger charge is -2.16. The molecule has 5 nitrogen and oxygen atoms in total. The monoisotopic (exact) mass is 255 g/mol. The highest BCUT2D eigenvalue weighted by molar-refractivity contribution is 7.99. The molecule has 0 saturated carbocycles. The number of thioether (sulfide) groups is 1. The van der Waals surface area contributed by atoms with E-state index in [1.165, 1.54) is 11.8 Å². The molecule has 94 valence electrons. The molecule has 0 amide bonds. The van der Waals surface area contributed by atoms with Gasteiger partial charge < -0.3 is 14.6 Å². The molecule has 1 aliphatic heterocycles. The summed E-state index contributed by atoms with van der Waals surface area (Å²) in [6, 6.07) is 0.429. The number of hydrogen-bond donors (Lipinski definition) is 1. The Hall–Kier alpha value is -1.01. The molecule has 2 heterocycles. The zero-order chi connectivity index (χ0) is 12.4. The van der Waals surface area contributed by atoms with Crippen molar-refractivity contribution in [2.75, 3.05) is 25.9 Å². The molecule has 0 bridgehead atoms. The number of aryl methyl sites for hydroxylation is 1. The van der Waals surface area contributed by atoms with E-state index in [9.17, 15) is 4.79 Å². The number of carbonyl (C=O) groups is 1. The molecular weight excluding hydrogens is 238 g/mol. The minimum atomic E-state index is -0.800. The van der Waals surface area contributed by atoms with Crippen molar-refractivity contribution in [2.24, 2.45) is 0 Å². The van der Waals surface area contributed by atoms with Gasteiger partial charge in [0.2, 0.25) is 0 Å². The minimum absolute atomic E-state index is 0.0685. The van der Waals surface area contributed by atoms with Gasteiger partial charge in [-0.2, -0.15) is 0 Å². The quantitative estimate of drug-likeness (QED) is 0.820. The molecule has 1 aliphatic rings. The maximum atomic E-state index is 10.6. The lowest BCUT2D eigenvalue weighted by atomic mass is 10.2. The van der Waals surface area contributed by atoms with E-state index in [1.54, 1.807) is 0 Å². The van der Waals surface area contributed by atoms with Crippen LogP contribution in [0.15, 0.2) is 11.4 Å². The highest BCUT2D eigenvalue weighted by atomic mass is 32.2. The van der Waals surface area contributed by atoms with Crippen molar-refractivity contribution in [2.45, 2.75) is 24.5 Å². The molecule has 1 aromatic heterocycles. The first kappa shape index (κ1) is 12.4. The first-order chi connectivity index (χ1) is 8.08. The van der Waals surface area contributed by atoms with Crippen molar-refractivity contribution < 1.29 is 9.90 Å². The number of aliphatic carboxylic acids is 1. The highest BCUT2D eigenvalue weighted by Gasteiger charge is 2.24. The Morgan fingerprint density at radius 1 is 1.71 bits per heavy atom. The van der Waals surface area contributed by atoms with E-state index >= 15 is 0 Å². The van der Waals surface area contributed by atoms with Crippen LogP contribution in [0.1, 0.15) is 18.2 Å². The number of carboxylic acid groups (broad SMARTS) is 1. The standard InChI is InChI=1S/C11H17N3O2S/c1-8-5-12-11(17-7-10(15)16)14(8)9-3-4-13(2)6-9/h5,9H,3-4,6-7H2,1-2H3,(H,15,16). The van der Waals surface area contributed by atoms with Crippen LogP contribution in [-0.4, -0.2) is 51.4 Å². The van der Waals surface area contributed by atoms with Gasteiger partial charge in [0.05, 0.1) is 5.75 Å². The Bertz CT molecular complexity index is 419. The van der Waals surface area contributed by atoms with Crippen LogP contribution < -0.4 is 0 Å². The number of nitrogens with zero attached hydrogens (tertiary/aromatic N) is 3. The predicted octanol–water partition coefficient (Wildman–Crippen LogP) is 1.24. The first-order valence-electron chi connectivity index (χ1n) is 5.65. The molecule has 0 spiro atoms. The number of imidazole rings is 1. The fraction of sp³-hybridized carbons (Fsp3) is 0.636. The van der Waals surface area contributed by atoms with E-state index in [1.807, 2.05) is 13.1 Å². The van der Waals surface area contributed by atoms with Crippen molar-refractivity contribution in [3.8, 4) is 0 Å². The molecule has 6 heteroatoms. The first-order valence-corrected chi connectivity index (χ1v) is 6.63. The number of hydrogen-bond acceptors (Lipinski definition) is 4. The van der Waals surface area contributed by atoms with Gasteiger partial charge in [-0.3, -0.25) is 4.79 Å². The maximum absolute atomic E-state index is 10.6. The van der Waals surface area contributed by atoms with Gasteiger partial charge in [-0.1, -0.05) is 11.8 Å². The summed E-state index contributed by atoms with van der Waals surface area (Å²) in [5.74, 6) is -0.732. The zero-order valence-corrected chi connectivity index (χ0v) is 10.9. The fourth-order valence-corrected chi connectivity index (χ4v) is 3.04. The summed E-state index contributed by atoms with van der Waals surface area (Å²) in [6.07, 6.45) is 2.93. The lowest BCUT2D eigenvalue weighted by Crippen LogP contribution is -2.18. The second-order valence-corrected chi connectivity index (χ2v) is 5.38. The molecule has 1 saturated heterocycles.